The first-order valence-electron chi connectivity index (χ1n) is 12.6. The monoisotopic (exact) mass is 501 g/mol. The number of nitriles is 1. The summed E-state index contributed by atoms with van der Waals surface area (Å²) in [7, 11) is 1.57. The zero-order chi connectivity index (χ0) is 26.1. The molecule has 2 aromatic carbocycles. The molecule has 8 heteroatoms. The second-order valence-electron chi connectivity index (χ2n) is 10.0. The molecule has 37 heavy (non-hydrogen) atoms. The maximum Gasteiger partial charge on any atom is 0.224 e. The molecular weight excluding hydrogens is 473 g/mol. The third-order valence-electron chi connectivity index (χ3n) is 7.45. The molecule has 1 saturated carbocycles. The lowest BCUT2D eigenvalue weighted by Gasteiger charge is -2.20. The average molecular weight is 502 g/mol. The van der Waals surface area contributed by atoms with Crippen molar-refractivity contribution in [2.45, 2.75) is 50.5 Å². The van der Waals surface area contributed by atoms with E-state index in [4.69, 9.17) is 4.74 Å². The Morgan fingerprint density at radius 3 is 2.73 bits per heavy atom. The Labute approximate surface area is 214 Å². The summed E-state index contributed by atoms with van der Waals surface area (Å²) in [5.41, 5.74) is 2.11. The Kier molecular flexibility index (Phi) is 6.79. The minimum atomic E-state index is -0.971. The highest BCUT2D eigenvalue weighted by atomic mass is 19.1. The Morgan fingerprint density at radius 1 is 1.22 bits per heavy atom. The zero-order valence-corrected chi connectivity index (χ0v) is 20.6. The van der Waals surface area contributed by atoms with Gasteiger partial charge in [-0.1, -0.05) is 31.0 Å². The maximum absolute atomic E-state index is 14.5. The van der Waals surface area contributed by atoms with Crippen molar-refractivity contribution >= 4 is 28.4 Å². The smallest absolute Gasteiger partial charge is 0.224 e. The Bertz CT molecular complexity index is 1420. The van der Waals surface area contributed by atoms with Crippen molar-refractivity contribution in [1.29, 1.82) is 5.26 Å². The number of fused-ring (bicyclic) bond motifs is 2. The van der Waals surface area contributed by atoms with Gasteiger partial charge in [0.25, 0.3) is 0 Å². The van der Waals surface area contributed by atoms with E-state index in [0.29, 0.717) is 34.9 Å². The number of aromatic nitrogens is 1. The summed E-state index contributed by atoms with van der Waals surface area (Å²) in [5.74, 6) is -1.56. The summed E-state index contributed by atoms with van der Waals surface area (Å²) in [6, 6.07) is 12.9. The highest BCUT2D eigenvalue weighted by Gasteiger charge is 2.37. The molecule has 0 saturated heterocycles. The van der Waals surface area contributed by atoms with Crippen LogP contribution in [0.5, 0.6) is 5.75 Å². The number of nitrogens with zero attached hydrogens (tertiary/aromatic N) is 1. The van der Waals surface area contributed by atoms with Crippen LogP contribution in [0.1, 0.15) is 59.6 Å². The number of ketones is 2. The van der Waals surface area contributed by atoms with E-state index in [2.05, 4.69) is 16.4 Å². The van der Waals surface area contributed by atoms with Crippen LogP contribution in [0.2, 0.25) is 0 Å². The Balaban J connectivity index is 1.30. The number of benzene rings is 2. The molecule has 0 bridgehead atoms. The zero-order valence-electron chi connectivity index (χ0n) is 20.6. The quantitative estimate of drug-likeness (QED) is 0.394. The predicted molar refractivity (Wildman–Crippen MR) is 135 cm³/mol. The average Bonchev–Trinajstić information content (AvgIpc) is 3.49. The highest BCUT2D eigenvalue weighted by Crippen LogP contribution is 2.38. The van der Waals surface area contributed by atoms with Gasteiger partial charge < -0.3 is 15.0 Å². The summed E-state index contributed by atoms with van der Waals surface area (Å²) in [6.07, 6.45) is 2.69. The van der Waals surface area contributed by atoms with E-state index in [1.165, 1.54) is 6.07 Å². The molecule has 1 fully saturated rings. The summed E-state index contributed by atoms with van der Waals surface area (Å²) >= 11 is 0. The number of hydrogen-bond acceptors (Lipinski definition) is 5. The topological polar surface area (TPSA) is 112 Å². The van der Waals surface area contributed by atoms with Gasteiger partial charge in [-0.15, -0.1) is 0 Å². The number of ether oxygens (including phenoxy) is 1. The number of hydrogen-bond donors (Lipinski definition) is 2. The van der Waals surface area contributed by atoms with Gasteiger partial charge in [-0.2, -0.15) is 5.26 Å². The van der Waals surface area contributed by atoms with Crippen LogP contribution in [0.3, 0.4) is 0 Å². The molecular formula is C29H28FN3O4. The fourth-order valence-electron chi connectivity index (χ4n) is 5.34. The van der Waals surface area contributed by atoms with Crippen molar-refractivity contribution in [3.05, 3.63) is 65.1 Å². The van der Waals surface area contributed by atoms with Crippen molar-refractivity contribution in [2.24, 2.45) is 11.8 Å². The van der Waals surface area contributed by atoms with Crippen LogP contribution in [0.25, 0.3) is 10.9 Å². The van der Waals surface area contributed by atoms with Gasteiger partial charge in [0, 0.05) is 41.1 Å². The van der Waals surface area contributed by atoms with Crippen LogP contribution in [0, 0.1) is 29.0 Å². The number of carbonyl (C=O) groups excluding carboxylic acids is 3. The lowest BCUT2D eigenvalue weighted by Crippen LogP contribution is -2.40. The SMILES string of the molecule is COc1cccc2[nH]c(C(=O)C[C@@H](CC3CC3)C(=O)N[C@H](C#N)C[C@H]3C(=O)Cc4cccc(F)c43)cc12. The van der Waals surface area contributed by atoms with Crippen molar-refractivity contribution < 1.29 is 23.5 Å². The standard InChI is InChI=1S/C29H28FN3O4/c1-37-27-7-3-6-23-20(27)14-24(33-23)26(35)12-18(10-16-8-9-16)29(36)32-19(15-31)13-21-25(34)11-17-4-2-5-22(30)28(17)21/h2-7,14,16,18-19,21,33H,8-13H2,1H3,(H,32,36)/t18-,19+,21+/m1/s1. The van der Waals surface area contributed by atoms with E-state index in [1.807, 2.05) is 18.2 Å². The van der Waals surface area contributed by atoms with Crippen LogP contribution in [0.15, 0.2) is 42.5 Å². The molecule has 1 heterocycles. The number of aromatic amines is 1. The normalized spacial score (nSPS) is 18.2. The number of amides is 1. The summed E-state index contributed by atoms with van der Waals surface area (Å²) in [5, 5.41) is 13.3. The molecule has 2 aliphatic rings. The molecule has 3 atom stereocenters. The van der Waals surface area contributed by atoms with Crippen LogP contribution in [-0.2, 0) is 16.0 Å². The first-order valence-corrected chi connectivity index (χ1v) is 12.6. The number of H-pyrrole nitrogens is 1. The molecule has 2 aliphatic carbocycles. The molecule has 1 amide bonds. The first-order chi connectivity index (χ1) is 17.9. The Hall–Kier alpha value is -3.99. The van der Waals surface area contributed by atoms with Crippen molar-refractivity contribution in [3.63, 3.8) is 0 Å². The lowest BCUT2D eigenvalue weighted by atomic mass is 9.91. The van der Waals surface area contributed by atoms with Crippen LogP contribution in [0.4, 0.5) is 4.39 Å². The largest absolute Gasteiger partial charge is 0.496 e. The number of Topliss-reactive ketones (excluding diaryl/α,β-unsaturated/α-hetero) is 2. The van der Waals surface area contributed by atoms with Gasteiger partial charge in [0.2, 0.25) is 5.91 Å². The molecule has 1 aromatic heterocycles. The van der Waals surface area contributed by atoms with Crippen molar-refractivity contribution in [2.75, 3.05) is 7.11 Å². The number of halogens is 1. The Morgan fingerprint density at radius 2 is 2.00 bits per heavy atom. The van der Waals surface area contributed by atoms with Gasteiger partial charge in [-0.3, -0.25) is 14.4 Å². The van der Waals surface area contributed by atoms with Crippen LogP contribution < -0.4 is 10.1 Å². The highest BCUT2D eigenvalue weighted by molar-refractivity contribution is 6.02. The molecule has 0 unspecified atom stereocenters. The third kappa shape index (κ3) is 5.12. The molecule has 190 valence electrons. The first kappa shape index (κ1) is 24.7. The number of carbonyl (C=O) groups is 3. The fraction of sp³-hybridized carbons (Fsp3) is 0.379. The molecule has 3 aromatic rings. The van der Waals surface area contributed by atoms with E-state index in [1.54, 1.807) is 25.3 Å². The van der Waals surface area contributed by atoms with Gasteiger partial charge >= 0.3 is 0 Å². The van der Waals surface area contributed by atoms with Gasteiger partial charge in [-0.25, -0.2) is 4.39 Å². The number of nitrogens with one attached hydrogen (secondary N) is 2. The fourth-order valence-corrected chi connectivity index (χ4v) is 5.34. The van der Waals surface area contributed by atoms with Gasteiger partial charge in [-0.05, 0) is 48.6 Å². The van der Waals surface area contributed by atoms with Crippen LogP contribution >= 0.6 is 0 Å². The minimum Gasteiger partial charge on any atom is -0.496 e. The summed E-state index contributed by atoms with van der Waals surface area (Å²) < 4.78 is 19.8. The van der Waals surface area contributed by atoms with E-state index in [9.17, 15) is 24.0 Å². The maximum atomic E-state index is 14.5. The second-order valence-corrected chi connectivity index (χ2v) is 10.0. The molecule has 5 rings (SSSR count). The predicted octanol–water partition coefficient (Wildman–Crippen LogP) is 4.61. The van der Waals surface area contributed by atoms with E-state index in [-0.39, 0.29) is 36.7 Å². The molecule has 0 radical (unpaired) electrons. The third-order valence-corrected chi connectivity index (χ3v) is 7.45. The van der Waals surface area contributed by atoms with Gasteiger partial charge in [0.05, 0.1) is 18.9 Å². The summed E-state index contributed by atoms with van der Waals surface area (Å²) in [4.78, 5) is 42.2. The van der Waals surface area contributed by atoms with Crippen molar-refractivity contribution in [1.82, 2.24) is 10.3 Å². The van der Waals surface area contributed by atoms with Gasteiger partial charge in [0.1, 0.15) is 23.4 Å². The van der Waals surface area contributed by atoms with Crippen molar-refractivity contribution in [3.8, 4) is 11.8 Å². The molecule has 0 aliphatic heterocycles. The minimum absolute atomic E-state index is 0.000907. The van der Waals surface area contributed by atoms with Crippen LogP contribution in [-0.4, -0.2) is 35.6 Å². The number of methoxy groups -OCH3 is 1. The van der Waals surface area contributed by atoms with Gasteiger partial charge in [0.15, 0.2) is 5.78 Å². The van der Waals surface area contributed by atoms with E-state index < -0.39 is 23.7 Å². The van der Waals surface area contributed by atoms with E-state index in [0.717, 1.165) is 23.7 Å². The second kappa shape index (κ2) is 10.2. The number of rotatable bonds is 10. The molecule has 7 nitrogen and oxygen atoms in total. The lowest BCUT2D eigenvalue weighted by molar-refractivity contribution is -0.126. The molecule has 0 spiro atoms. The van der Waals surface area contributed by atoms with E-state index >= 15 is 0 Å². The summed E-state index contributed by atoms with van der Waals surface area (Å²) in [6.45, 7) is 0. The molecule has 2 N–H and O–H groups in total.